The SMILES string of the molecule is NCC1(OCC(=O)N2CCCC2)CCCCC1. The van der Waals surface area contributed by atoms with Crippen LogP contribution in [0.5, 0.6) is 0 Å². The number of rotatable bonds is 4. The first-order valence-electron chi connectivity index (χ1n) is 6.88. The fraction of sp³-hybridized carbons (Fsp3) is 0.923. The summed E-state index contributed by atoms with van der Waals surface area (Å²) < 4.78 is 5.88. The highest BCUT2D eigenvalue weighted by Crippen LogP contribution is 2.30. The summed E-state index contributed by atoms with van der Waals surface area (Å²) in [7, 11) is 0. The van der Waals surface area contributed by atoms with Crippen molar-refractivity contribution in [2.75, 3.05) is 26.2 Å². The van der Waals surface area contributed by atoms with Crippen LogP contribution >= 0.6 is 0 Å². The van der Waals surface area contributed by atoms with Crippen LogP contribution in [0, 0.1) is 0 Å². The lowest BCUT2D eigenvalue weighted by atomic mass is 9.85. The zero-order valence-corrected chi connectivity index (χ0v) is 10.6. The van der Waals surface area contributed by atoms with Crippen molar-refractivity contribution in [1.29, 1.82) is 0 Å². The van der Waals surface area contributed by atoms with Gasteiger partial charge in [-0.2, -0.15) is 0 Å². The van der Waals surface area contributed by atoms with Crippen molar-refractivity contribution in [1.82, 2.24) is 4.90 Å². The van der Waals surface area contributed by atoms with Crippen LogP contribution in [-0.4, -0.2) is 42.6 Å². The molecule has 2 fully saturated rings. The molecule has 0 aromatic carbocycles. The van der Waals surface area contributed by atoms with Gasteiger partial charge in [-0.1, -0.05) is 19.3 Å². The molecule has 1 aliphatic heterocycles. The Morgan fingerprint density at radius 3 is 2.35 bits per heavy atom. The first-order chi connectivity index (χ1) is 8.26. The minimum absolute atomic E-state index is 0.140. The fourth-order valence-corrected chi connectivity index (χ4v) is 2.88. The monoisotopic (exact) mass is 240 g/mol. The van der Waals surface area contributed by atoms with E-state index in [4.69, 9.17) is 10.5 Å². The Balaban J connectivity index is 1.80. The summed E-state index contributed by atoms with van der Waals surface area (Å²) >= 11 is 0. The Kier molecular flexibility index (Phi) is 4.40. The van der Waals surface area contributed by atoms with E-state index in [1.165, 1.54) is 19.3 Å². The summed E-state index contributed by atoms with van der Waals surface area (Å²) in [6.07, 6.45) is 7.91. The van der Waals surface area contributed by atoms with Crippen molar-refractivity contribution in [2.24, 2.45) is 5.73 Å². The molecule has 2 rings (SSSR count). The minimum Gasteiger partial charge on any atom is -0.364 e. The van der Waals surface area contributed by atoms with Gasteiger partial charge in [-0.25, -0.2) is 0 Å². The van der Waals surface area contributed by atoms with Gasteiger partial charge in [-0.05, 0) is 25.7 Å². The van der Waals surface area contributed by atoms with Gasteiger partial charge in [-0.15, -0.1) is 0 Å². The van der Waals surface area contributed by atoms with Crippen LogP contribution in [0.1, 0.15) is 44.9 Å². The van der Waals surface area contributed by atoms with E-state index in [1.54, 1.807) is 0 Å². The van der Waals surface area contributed by atoms with Gasteiger partial charge in [0.25, 0.3) is 0 Å². The first kappa shape index (κ1) is 12.8. The first-order valence-corrected chi connectivity index (χ1v) is 6.88. The zero-order chi connectivity index (χ0) is 12.1. The van der Waals surface area contributed by atoms with E-state index in [0.717, 1.165) is 38.8 Å². The topological polar surface area (TPSA) is 55.6 Å². The summed E-state index contributed by atoms with van der Waals surface area (Å²) in [6.45, 7) is 2.56. The number of nitrogens with zero attached hydrogens (tertiary/aromatic N) is 1. The van der Waals surface area contributed by atoms with Crippen LogP contribution in [0.15, 0.2) is 0 Å². The average Bonchev–Trinajstić information content (AvgIpc) is 2.91. The standard InChI is InChI=1S/C13H24N2O2/c14-11-13(6-2-1-3-7-13)17-10-12(16)15-8-4-5-9-15/h1-11,14H2. The van der Waals surface area contributed by atoms with Crippen LogP contribution in [0.3, 0.4) is 0 Å². The Morgan fingerprint density at radius 1 is 1.12 bits per heavy atom. The summed E-state index contributed by atoms with van der Waals surface area (Å²) in [5.41, 5.74) is 5.61. The lowest BCUT2D eigenvalue weighted by Gasteiger charge is -2.36. The predicted octanol–water partition coefficient (Wildman–Crippen LogP) is 1.29. The Labute approximate surface area is 103 Å². The van der Waals surface area contributed by atoms with E-state index in [2.05, 4.69) is 0 Å². The quantitative estimate of drug-likeness (QED) is 0.805. The van der Waals surface area contributed by atoms with E-state index in [1.807, 2.05) is 4.90 Å². The van der Waals surface area contributed by atoms with Crippen molar-refractivity contribution in [3.63, 3.8) is 0 Å². The molecule has 1 heterocycles. The molecule has 0 unspecified atom stereocenters. The molecule has 98 valence electrons. The van der Waals surface area contributed by atoms with Gasteiger partial charge in [0.2, 0.25) is 5.91 Å². The maximum Gasteiger partial charge on any atom is 0.248 e. The molecule has 1 aliphatic carbocycles. The minimum atomic E-state index is -0.215. The molecule has 0 aromatic heterocycles. The number of ether oxygens (including phenoxy) is 1. The Hall–Kier alpha value is -0.610. The van der Waals surface area contributed by atoms with Crippen LogP contribution in [0.4, 0.5) is 0 Å². The normalized spacial score (nSPS) is 23.9. The molecule has 17 heavy (non-hydrogen) atoms. The summed E-state index contributed by atoms with van der Waals surface area (Å²) in [5.74, 6) is 0.140. The van der Waals surface area contributed by atoms with Crippen LogP contribution < -0.4 is 5.73 Å². The second kappa shape index (κ2) is 5.83. The number of nitrogens with two attached hydrogens (primary N) is 1. The van der Waals surface area contributed by atoms with Gasteiger partial charge in [0.15, 0.2) is 0 Å². The second-order valence-corrected chi connectivity index (χ2v) is 5.32. The maximum atomic E-state index is 11.9. The molecular weight excluding hydrogens is 216 g/mol. The second-order valence-electron chi connectivity index (χ2n) is 5.32. The number of hydrogen-bond donors (Lipinski definition) is 1. The van der Waals surface area contributed by atoms with Crippen molar-refractivity contribution in [3.05, 3.63) is 0 Å². The number of carbonyl (C=O) groups is 1. The molecule has 0 radical (unpaired) electrons. The molecule has 0 atom stereocenters. The van der Waals surface area contributed by atoms with Gasteiger partial charge in [0.1, 0.15) is 6.61 Å². The molecule has 0 aromatic rings. The van der Waals surface area contributed by atoms with E-state index < -0.39 is 0 Å². The third kappa shape index (κ3) is 3.19. The molecule has 4 nitrogen and oxygen atoms in total. The largest absolute Gasteiger partial charge is 0.364 e. The lowest BCUT2D eigenvalue weighted by molar-refractivity contribution is -0.144. The fourth-order valence-electron chi connectivity index (χ4n) is 2.88. The van der Waals surface area contributed by atoms with E-state index >= 15 is 0 Å². The summed E-state index contributed by atoms with van der Waals surface area (Å²) in [4.78, 5) is 13.8. The van der Waals surface area contributed by atoms with Crippen molar-refractivity contribution in [3.8, 4) is 0 Å². The molecule has 1 amide bonds. The van der Waals surface area contributed by atoms with Gasteiger partial charge in [0.05, 0.1) is 5.60 Å². The van der Waals surface area contributed by atoms with Gasteiger partial charge in [-0.3, -0.25) is 4.79 Å². The van der Waals surface area contributed by atoms with Crippen LogP contribution in [0.2, 0.25) is 0 Å². The molecule has 1 saturated carbocycles. The van der Waals surface area contributed by atoms with Crippen LogP contribution in [0.25, 0.3) is 0 Å². The zero-order valence-electron chi connectivity index (χ0n) is 10.6. The number of hydrogen-bond acceptors (Lipinski definition) is 3. The molecule has 1 saturated heterocycles. The average molecular weight is 240 g/mol. The lowest BCUT2D eigenvalue weighted by Crippen LogP contribution is -2.45. The van der Waals surface area contributed by atoms with Gasteiger partial charge >= 0.3 is 0 Å². The van der Waals surface area contributed by atoms with Crippen LogP contribution in [-0.2, 0) is 9.53 Å². The Morgan fingerprint density at radius 2 is 1.76 bits per heavy atom. The predicted molar refractivity (Wildman–Crippen MR) is 66.6 cm³/mol. The van der Waals surface area contributed by atoms with Crippen molar-refractivity contribution in [2.45, 2.75) is 50.5 Å². The smallest absolute Gasteiger partial charge is 0.248 e. The van der Waals surface area contributed by atoms with Gasteiger partial charge in [0, 0.05) is 19.6 Å². The van der Waals surface area contributed by atoms with E-state index in [-0.39, 0.29) is 18.1 Å². The molecule has 0 bridgehead atoms. The van der Waals surface area contributed by atoms with Crippen molar-refractivity contribution >= 4 is 5.91 Å². The number of likely N-dealkylation sites (tertiary alicyclic amines) is 1. The maximum absolute atomic E-state index is 11.9. The number of amides is 1. The highest BCUT2D eigenvalue weighted by molar-refractivity contribution is 5.77. The summed E-state index contributed by atoms with van der Waals surface area (Å²) in [6, 6.07) is 0. The summed E-state index contributed by atoms with van der Waals surface area (Å²) in [5, 5.41) is 0. The molecule has 2 N–H and O–H groups in total. The van der Waals surface area contributed by atoms with Crippen molar-refractivity contribution < 1.29 is 9.53 Å². The third-order valence-corrected chi connectivity index (χ3v) is 4.10. The Bertz CT molecular complexity index is 256. The number of carbonyl (C=O) groups excluding carboxylic acids is 1. The molecule has 2 aliphatic rings. The van der Waals surface area contributed by atoms with Gasteiger partial charge < -0.3 is 15.4 Å². The highest BCUT2D eigenvalue weighted by Gasteiger charge is 2.32. The molecule has 4 heteroatoms. The van der Waals surface area contributed by atoms with E-state index in [9.17, 15) is 4.79 Å². The van der Waals surface area contributed by atoms with E-state index in [0.29, 0.717) is 6.54 Å². The highest BCUT2D eigenvalue weighted by atomic mass is 16.5. The molecular formula is C13H24N2O2. The third-order valence-electron chi connectivity index (χ3n) is 4.10. The molecule has 0 spiro atoms.